The topological polar surface area (TPSA) is 74.6 Å². The Hall–Kier alpha value is -1.91. The number of para-hydroxylation sites is 1. The first-order valence-electron chi connectivity index (χ1n) is 8.21. The number of aromatic hydroxyl groups is 1. The Morgan fingerprint density at radius 1 is 1.30 bits per heavy atom. The number of rotatable bonds is 6. The zero-order chi connectivity index (χ0) is 19.6. The molecule has 27 heavy (non-hydrogen) atoms. The molecule has 1 aromatic heterocycles. The third-order valence-corrected chi connectivity index (χ3v) is 6.94. The maximum absolute atomic E-state index is 12.8. The molecule has 0 fully saturated rings. The van der Waals surface area contributed by atoms with Gasteiger partial charge in [0.1, 0.15) is 11.4 Å². The van der Waals surface area contributed by atoms with E-state index < -0.39 is 13.0 Å². The number of ketones is 1. The van der Waals surface area contributed by atoms with Crippen molar-refractivity contribution in [3.63, 3.8) is 0 Å². The van der Waals surface area contributed by atoms with Crippen LogP contribution < -0.4 is 0 Å². The molecule has 3 aromatic rings. The van der Waals surface area contributed by atoms with Crippen LogP contribution in [0.4, 0.5) is 0 Å². The Kier molecular flexibility index (Phi) is 5.87. The van der Waals surface area contributed by atoms with Crippen molar-refractivity contribution in [1.82, 2.24) is 0 Å². The number of phenols is 1. The fourth-order valence-corrected chi connectivity index (χ4v) is 5.58. The maximum Gasteiger partial charge on any atom is 0.212 e. The van der Waals surface area contributed by atoms with Gasteiger partial charge in [-0.05, 0) is 40.6 Å². The highest BCUT2D eigenvalue weighted by Gasteiger charge is 2.35. The molecule has 2 N–H and O–H groups in total. The van der Waals surface area contributed by atoms with Crippen LogP contribution in [0.2, 0.25) is 5.02 Å². The monoisotopic (exact) mass is 420 g/mol. The van der Waals surface area contributed by atoms with Crippen LogP contribution in [-0.4, -0.2) is 22.4 Å². The number of hydrogen-bond acceptors (Lipinski definition) is 4. The summed E-state index contributed by atoms with van der Waals surface area (Å²) in [5, 5.41) is 12.8. The van der Waals surface area contributed by atoms with Gasteiger partial charge in [-0.3, -0.25) is 9.36 Å². The van der Waals surface area contributed by atoms with Crippen LogP contribution in [0, 0.1) is 0 Å². The number of carbonyl (C=O) groups excluding carboxylic acids is 1. The molecule has 0 spiro atoms. The van der Waals surface area contributed by atoms with Crippen molar-refractivity contribution in [2.45, 2.75) is 12.1 Å². The van der Waals surface area contributed by atoms with Crippen molar-refractivity contribution in [3.8, 4) is 5.75 Å². The average molecular weight is 421 g/mol. The Labute approximate surface area is 166 Å². The second-order valence-corrected chi connectivity index (χ2v) is 10.1. The molecule has 0 amide bonds. The largest absolute Gasteiger partial charge is 0.507 e. The molecule has 0 aliphatic heterocycles. The Balaban J connectivity index is 1.91. The summed E-state index contributed by atoms with van der Waals surface area (Å²) in [4.78, 5) is 23.1. The number of thiophene rings is 1. The molecule has 0 bridgehead atoms. The van der Waals surface area contributed by atoms with Crippen molar-refractivity contribution >= 4 is 52.3 Å². The first-order chi connectivity index (χ1) is 12.8. The van der Waals surface area contributed by atoms with E-state index in [1.807, 2.05) is 6.07 Å². The van der Waals surface area contributed by atoms with Gasteiger partial charge >= 0.3 is 0 Å². The summed E-state index contributed by atoms with van der Waals surface area (Å²) in [6.45, 7) is 1.20. The number of phenolic OH excluding ortho intramolecular Hbond substituents is 1. The average Bonchev–Trinajstić information content (AvgIpc) is 2.98. The van der Waals surface area contributed by atoms with Gasteiger partial charge in [0.15, 0.2) is 5.78 Å². The minimum Gasteiger partial charge on any atom is -0.507 e. The number of benzene rings is 2. The van der Waals surface area contributed by atoms with Crippen molar-refractivity contribution in [2.24, 2.45) is 0 Å². The maximum atomic E-state index is 12.8. The molecular formula is C20H18ClO4PS. The van der Waals surface area contributed by atoms with Crippen LogP contribution in [0.1, 0.15) is 23.2 Å². The predicted molar refractivity (Wildman–Crippen MR) is 112 cm³/mol. The fraction of sp³-hybridized carbons (Fsp3) is 0.150. The quantitative estimate of drug-likeness (QED) is 0.489. The van der Waals surface area contributed by atoms with Gasteiger partial charge < -0.3 is 10.00 Å². The van der Waals surface area contributed by atoms with Gasteiger partial charge in [0.2, 0.25) is 7.37 Å². The molecule has 0 saturated heterocycles. The highest BCUT2D eigenvalue weighted by molar-refractivity contribution is 7.58. The first kappa shape index (κ1) is 19.8. The van der Waals surface area contributed by atoms with Crippen LogP contribution >= 0.6 is 30.3 Å². The van der Waals surface area contributed by atoms with E-state index >= 15 is 0 Å². The molecule has 4 nitrogen and oxygen atoms in total. The molecule has 2 atom stereocenters. The SMILES string of the molecule is CP(=O)(O)C(C(=O)C/C=C/c1ccccc1O)c1csc2ccc(Cl)cc12. The van der Waals surface area contributed by atoms with E-state index in [1.165, 1.54) is 18.0 Å². The minimum atomic E-state index is -3.73. The molecule has 0 saturated carbocycles. The number of hydrogen-bond donors (Lipinski definition) is 2. The van der Waals surface area contributed by atoms with Crippen molar-refractivity contribution < 1.29 is 19.4 Å². The van der Waals surface area contributed by atoms with Crippen LogP contribution in [0.5, 0.6) is 5.75 Å². The smallest absolute Gasteiger partial charge is 0.212 e. The summed E-state index contributed by atoms with van der Waals surface area (Å²) in [5.74, 6) is -0.241. The number of allylic oxidation sites excluding steroid dienone is 1. The van der Waals surface area contributed by atoms with Gasteiger partial charge in [-0.15, -0.1) is 11.3 Å². The van der Waals surface area contributed by atoms with Crippen LogP contribution in [0.25, 0.3) is 16.2 Å². The van der Waals surface area contributed by atoms with E-state index in [1.54, 1.807) is 53.9 Å². The molecule has 0 aliphatic rings. The van der Waals surface area contributed by atoms with Gasteiger partial charge in [-0.1, -0.05) is 42.0 Å². The van der Waals surface area contributed by atoms with Crippen LogP contribution in [-0.2, 0) is 9.36 Å². The van der Waals surface area contributed by atoms with Crippen LogP contribution in [0.3, 0.4) is 0 Å². The molecular weight excluding hydrogens is 403 g/mol. The molecule has 0 radical (unpaired) electrons. The predicted octanol–water partition coefficient (Wildman–Crippen LogP) is 5.87. The highest BCUT2D eigenvalue weighted by Crippen LogP contribution is 2.55. The van der Waals surface area contributed by atoms with Gasteiger partial charge in [-0.25, -0.2) is 0 Å². The molecule has 2 unspecified atom stereocenters. The Morgan fingerprint density at radius 3 is 2.74 bits per heavy atom. The Bertz CT molecular complexity index is 1070. The summed E-state index contributed by atoms with van der Waals surface area (Å²) in [6.07, 6.45) is 3.21. The lowest BCUT2D eigenvalue weighted by Crippen LogP contribution is -2.11. The number of fused-ring (bicyclic) bond motifs is 1. The van der Waals surface area contributed by atoms with Gasteiger partial charge in [0, 0.05) is 28.4 Å². The van der Waals surface area contributed by atoms with E-state index in [9.17, 15) is 19.4 Å². The lowest BCUT2D eigenvalue weighted by atomic mass is 10.0. The standard InChI is InChI=1S/C20H18ClO4PS/c1-26(24,25)20(16-12-27-19-10-9-14(21)11-15(16)19)18(23)8-4-6-13-5-2-3-7-17(13)22/h2-7,9-12,20,22H,8H2,1H3,(H,24,25)/b6-4+. The second kappa shape index (κ2) is 7.99. The number of halogens is 1. The molecule has 140 valence electrons. The second-order valence-electron chi connectivity index (χ2n) is 6.31. The van der Waals surface area contributed by atoms with Crippen molar-refractivity contribution in [3.05, 3.63) is 70.1 Å². The molecule has 1 heterocycles. The fourth-order valence-electron chi connectivity index (χ4n) is 2.97. The van der Waals surface area contributed by atoms with Gasteiger partial charge in [-0.2, -0.15) is 0 Å². The summed E-state index contributed by atoms with van der Waals surface area (Å²) >= 11 is 7.48. The van der Waals surface area contributed by atoms with E-state index in [2.05, 4.69) is 0 Å². The van der Waals surface area contributed by atoms with E-state index in [-0.39, 0.29) is 18.0 Å². The third-order valence-electron chi connectivity index (χ3n) is 4.20. The Morgan fingerprint density at radius 2 is 2.04 bits per heavy atom. The summed E-state index contributed by atoms with van der Waals surface area (Å²) < 4.78 is 13.4. The number of carbonyl (C=O) groups is 1. The van der Waals surface area contributed by atoms with Crippen molar-refractivity contribution in [2.75, 3.05) is 6.66 Å². The minimum absolute atomic E-state index is 0.0186. The highest BCUT2D eigenvalue weighted by atomic mass is 35.5. The molecule has 2 aromatic carbocycles. The lowest BCUT2D eigenvalue weighted by molar-refractivity contribution is -0.118. The molecule has 3 rings (SSSR count). The molecule has 7 heteroatoms. The summed E-state index contributed by atoms with van der Waals surface area (Å²) in [6, 6.07) is 12.1. The van der Waals surface area contributed by atoms with E-state index in [0.29, 0.717) is 16.1 Å². The normalized spacial score (nSPS) is 15.1. The zero-order valence-corrected chi connectivity index (χ0v) is 17.0. The van der Waals surface area contributed by atoms with Gasteiger partial charge in [0.25, 0.3) is 0 Å². The van der Waals surface area contributed by atoms with Crippen molar-refractivity contribution in [1.29, 1.82) is 0 Å². The molecule has 0 aliphatic carbocycles. The van der Waals surface area contributed by atoms with E-state index in [4.69, 9.17) is 11.6 Å². The van der Waals surface area contributed by atoms with E-state index in [0.717, 1.165) is 10.1 Å². The lowest BCUT2D eigenvalue weighted by Gasteiger charge is -2.18. The summed E-state index contributed by atoms with van der Waals surface area (Å²) in [7, 11) is -3.73. The summed E-state index contributed by atoms with van der Waals surface area (Å²) in [5.41, 5.74) is 0.00354. The first-order valence-corrected chi connectivity index (χ1v) is 11.6. The van der Waals surface area contributed by atoms with Gasteiger partial charge in [0.05, 0.1) is 0 Å². The number of Topliss-reactive ketones (excluding diaryl/α,β-unsaturated/α-hetero) is 1. The third kappa shape index (κ3) is 4.50. The zero-order valence-electron chi connectivity index (χ0n) is 14.5. The van der Waals surface area contributed by atoms with Crippen LogP contribution in [0.15, 0.2) is 53.9 Å².